The summed E-state index contributed by atoms with van der Waals surface area (Å²) in [6, 6.07) is 0. The quantitative estimate of drug-likeness (QED) is 0.737. The number of aromatic nitrogens is 1. The molecule has 0 amide bonds. The molecule has 0 radical (unpaired) electrons. The Morgan fingerprint density at radius 2 is 3.11 bits per heavy atom. The normalized spacial score (nSPS) is 27.7. The van der Waals surface area contributed by atoms with E-state index in [0.717, 1.165) is 0 Å². The number of nitrogens with zero attached hydrogens (tertiary/aromatic N) is 1. The van der Waals surface area contributed by atoms with Crippen molar-refractivity contribution in [3.05, 3.63) is 15.0 Å². The Labute approximate surface area is 78.5 Å². The van der Waals surface area contributed by atoms with Gasteiger partial charge in [0, 0.05) is 15.0 Å². The topological polar surface area (TPSA) is 12.9 Å². The van der Waals surface area contributed by atoms with Crippen LogP contribution in [0.1, 0.15) is 29.2 Å². The summed E-state index contributed by atoms with van der Waals surface area (Å²) in [5, 5.41) is -0.444. The van der Waals surface area contributed by atoms with Gasteiger partial charge in [-0.2, -0.15) is 0 Å². The largest absolute Gasteiger partial charge is 0.234 e. The van der Waals surface area contributed by atoms with E-state index in [1.807, 2.05) is 0 Å². The van der Waals surface area contributed by atoms with Gasteiger partial charge in [-0.3, -0.25) is 0 Å². The van der Waals surface area contributed by atoms with Gasteiger partial charge >= 0.3 is 0 Å². The Morgan fingerprint density at radius 1 is 2.22 bits per heavy atom. The summed E-state index contributed by atoms with van der Waals surface area (Å²) in [5.41, 5.74) is 0. The summed E-state index contributed by atoms with van der Waals surface area (Å²) >= 11 is 3.52. The molecule has 0 spiro atoms. The molecule has 1 nitrogen and oxygen atoms in total. The Hall–Kier alpha value is 0.110. The second kappa shape index (κ2) is 3.32. The molecule has 3 heteroatoms. The first-order valence-electron chi connectivity index (χ1n) is 6.04. The minimum atomic E-state index is -3.11. The molecule has 1 rings (SSSR count). The number of aryl methyl sites for hydroxylation is 1. The van der Waals surface area contributed by atoms with E-state index in [1.165, 1.54) is 0 Å². The first kappa shape index (κ1) is 2.05. The number of thiazole rings is 1. The summed E-state index contributed by atoms with van der Waals surface area (Å²) in [6.07, 6.45) is -5.87. The molecule has 0 atom stereocenters. The SMILES string of the molecule is [2H]c1sc(C([2H])([2H])C([2H])([2H])C([2H])([2H])[2H])nc1Br. The summed E-state index contributed by atoms with van der Waals surface area (Å²) in [5.74, 6) is 0. The van der Waals surface area contributed by atoms with Crippen molar-refractivity contribution in [1.29, 1.82) is 0 Å². The monoisotopic (exact) mass is 213 g/mol. The summed E-state index contributed by atoms with van der Waals surface area (Å²) in [6.45, 7) is -3.11. The van der Waals surface area contributed by atoms with Crippen LogP contribution in [-0.4, -0.2) is 4.98 Å². The second-order valence-electron chi connectivity index (χ2n) is 1.16. The maximum Gasteiger partial charge on any atom is 0.117 e. The highest BCUT2D eigenvalue weighted by molar-refractivity contribution is 9.10. The zero-order chi connectivity index (χ0) is 13.6. The second-order valence-corrected chi connectivity index (χ2v) is 2.71. The van der Waals surface area contributed by atoms with Gasteiger partial charge in [-0.1, -0.05) is 6.85 Å². The molecular weight excluding hydrogens is 198 g/mol. The standard InChI is InChI=1S/C6H8BrNS/c1-2-3-6-8-5(7)4-9-6/h4H,2-3H2,1H3/i1D3,2D2,3D2,4D. The van der Waals surface area contributed by atoms with E-state index in [-0.39, 0.29) is 15.0 Å². The molecule has 50 valence electrons. The Morgan fingerprint density at radius 3 is 3.67 bits per heavy atom. The average molecular weight is 214 g/mol. The molecule has 1 heterocycles. The molecule has 0 aliphatic rings. The van der Waals surface area contributed by atoms with E-state index in [1.54, 1.807) is 0 Å². The molecular formula is C6H8BrNS. The summed E-state index contributed by atoms with van der Waals surface area (Å²) in [7, 11) is 0. The molecule has 0 saturated carbocycles. The van der Waals surface area contributed by atoms with Crippen molar-refractivity contribution in [1.82, 2.24) is 4.98 Å². The van der Waals surface area contributed by atoms with E-state index in [9.17, 15) is 0 Å². The minimum absolute atomic E-state index is 0.0720. The van der Waals surface area contributed by atoms with Crippen LogP contribution < -0.4 is 0 Å². The number of halogens is 1. The lowest BCUT2D eigenvalue weighted by molar-refractivity contribution is 0.906. The third-order valence-corrected chi connectivity index (χ3v) is 1.92. The number of hydrogen-bond acceptors (Lipinski definition) is 2. The highest BCUT2D eigenvalue weighted by atomic mass is 79.9. The molecule has 9 heavy (non-hydrogen) atoms. The fraction of sp³-hybridized carbons (Fsp3) is 0.500. The van der Waals surface area contributed by atoms with Gasteiger partial charge < -0.3 is 0 Å². The molecule has 0 aliphatic heterocycles. The van der Waals surface area contributed by atoms with Crippen LogP contribution in [0.15, 0.2) is 9.96 Å². The average Bonchev–Trinajstić information content (AvgIpc) is 2.45. The lowest BCUT2D eigenvalue weighted by atomic mass is 10.4. The Bertz CT molecular complexity index is 405. The van der Waals surface area contributed by atoms with Gasteiger partial charge in [0.05, 0.1) is 6.38 Å². The highest BCUT2D eigenvalue weighted by Gasteiger charge is 1.95. The summed E-state index contributed by atoms with van der Waals surface area (Å²) < 4.78 is 58.6. The van der Waals surface area contributed by atoms with Gasteiger partial charge in [0.2, 0.25) is 0 Å². The minimum Gasteiger partial charge on any atom is -0.234 e. The van der Waals surface area contributed by atoms with Crippen molar-refractivity contribution >= 4 is 27.3 Å². The third-order valence-electron chi connectivity index (χ3n) is 0.601. The van der Waals surface area contributed by atoms with Crippen LogP contribution in [0, 0.1) is 0 Å². The highest BCUT2D eigenvalue weighted by Crippen LogP contribution is 2.15. The first-order chi connectivity index (χ1) is 7.41. The van der Waals surface area contributed by atoms with Crippen molar-refractivity contribution in [3.8, 4) is 0 Å². The van der Waals surface area contributed by atoms with Crippen LogP contribution in [0.2, 0.25) is 0 Å². The molecule has 0 aliphatic carbocycles. The number of rotatable bonds is 2. The molecule has 0 unspecified atom stereocenters. The van der Waals surface area contributed by atoms with Crippen LogP contribution in [0.4, 0.5) is 0 Å². The van der Waals surface area contributed by atoms with Crippen LogP contribution >= 0.6 is 27.3 Å². The van der Waals surface area contributed by atoms with E-state index in [2.05, 4.69) is 20.9 Å². The smallest absolute Gasteiger partial charge is 0.117 e. The lowest BCUT2D eigenvalue weighted by Crippen LogP contribution is -1.78. The zero-order valence-electron chi connectivity index (χ0n) is 12.2. The summed E-state index contributed by atoms with van der Waals surface area (Å²) in [4.78, 5) is 3.64. The van der Waals surface area contributed by atoms with Crippen LogP contribution in [0.3, 0.4) is 0 Å². The van der Waals surface area contributed by atoms with E-state index < -0.39 is 19.6 Å². The maximum atomic E-state index is 7.61. The fourth-order valence-electron chi connectivity index (χ4n) is 0.332. The van der Waals surface area contributed by atoms with Crippen LogP contribution in [0.25, 0.3) is 0 Å². The zero-order valence-corrected chi connectivity index (χ0v) is 6.64. The first-order valence-corrected chi connectivity index (χ1v) is 3.65. The third kappa shape index (κ3) is 2.06. The van der Waals surface area contributed by atoms with Crippen molar-refractivity contribution in [2.24, 2.45) is 0 Å². The predicted molar refractivity (Wildman–Crippen MR) is 43.8 cm³/mol. The molecule has 1 aromatic heterocycles. The molecule has 1 aromatic rings. The molecule has 0 N–H and O–H groups in total. The van der Waals surface area contributed by atoms with Gasteiger partial charge in [-0.25, -0.2) is 4.98 Å². The van der Waals surface area contributed by atoms with Gasteiger partial charge in [0.1, 0.15) is 4.60 Å². The van der Waals surface area contributed by atoms with Crippen molar-refractivity contribution in [2.45, 2.75) is 19.6 Å². The van der Waals surface area contributed by atoms with Crippen molar-refractivity contribution in [2.75, 3.05) is 0 Å². The fourth-order valence-corrected chi connectivity index (χ4v) is 1.34. The van der Waals surface area contributed by atoms with Gasteiger partial charge in [-0.05, 0) is 28.7 Å². The van der Waals surface area contributed by atoms with Crippen LogP contribution in [-0.2, 0) is 6.37 Å². The van der Waals surface area contributed by atoms with Crippen molar-refractivity contribution < 1.29 is 11.0 Å². The molecule has 0 saturated heterocycles. The predicted octanol–water partition coefficient (Wildman–Crippen LogP) is 2.86. The Balaban J connectivity index is 3.28. The van der Waals surface area contributed by atoms with Crippen molar-refractivity contribution in [3.63, 3.8) is 0 Å². The number of hydrogen-bond donors (Lipinski definition) is 0. The maximum absolute atomic E-state index is 7.61. The van der Waals surface area contributed by atoms with E-state index >= 15 is 0 Å². The van der Waals surface area contributed by atoms with E-state index in [0.29, 0.717) is 11.3 Å². The molecule has 0 bridgehead atoms. The molecule has 0 aromatic carbocycles. The van der Waals surface area contributed by atoms with Gasteiger partial charge in [-0.15, -0.1) is 11.3 Å². The van der Waals surface area contributed by atoms with E-state index in [4.69, 9.17) is 11.0 Å². The lowest BCUT2D eigenvalue weighted by Gasteiger charge is -1.85. The van der Waals surface area contributed by atoms with Gasteiger partial charge in [0.15, 0.2) is 0 Å². The Kier molecular flexibility index (Phi) is 0.755. The molecule has 0 fully saturated rings. The van der Waals surface area contributed by atoms with Gasteiger partial charge in [0.25, 0.3) is 0 Å². The van der Waals surface area contributed by atoms with Crippen LogP contribution in [0.5, 0.6) is 0 Å².